The molecule has 1 fully saturated rings. The monoisotopic (exact) mass is 387 g/mol. The summed E-state index contributed by atoms with van der Waals surface area (Å²) in [6, 6.07) is 9.63. The maximum absolute atomic E-state index is 12.5. The van der Waals surface area contributed by atoms with Crippen LogP contribution in [0.4, 0.5) is 11.6 Å². The van der Waals surface area contributed by atoms with Gasteiger partial charge in [-0.3, -0.25) is 4.79 Å². The van der Waals surface area contributed by atoms with Gasteiger partial charge in [-0.1, -0.05) is 17.7 Å². The summed E-state index contributed by atoms with van der Waals surface area (Å²) < 4.78 is 0. The smallest absolute Gasteiger partial charge is 0.270 e. The van der Waals surface area contributed by atoms with Crippen molar-refractivity contribution >= 4 is 29.1 Å². The quantitative estimate of drug-likeness (QED) is 0.875. The normalized spacial score (nSPS) is 15.0. The van der Waals surface area contributed by atoms with E-state index in [0.717, 1.165) is 42.6 Å². The lowest BCUT2D eigenvalue weighted by molar-refractivity contribution is 0.0914. The number of nitrogens with zero attached hydrogens (tertiary/aromatic N) is 4. The topological polar surface area (TPSA) is 61.4 Å². The van der Waals surface area contributed by atoms with E-state index in [4.69, 9.17) is 11.6 Å². The van der Waals surface area contributed by atoms with Crippen molar-refractivity contribution in [3.8, 4) is 0 Å². The van der Waals surface area contributed by atoms with Crippen LogP contribution in [0.1, 0.15) is 37.0 Å². The molecule has 1 aliphatic rings. The van der Waals surface area contributed by atoms with Gasteiger partial charge in [0.1, 0.15) is 5.69 Å². The summed E-state index contributed by atoms with van der Waals surface area (Å²) in [5.74, 6) is 0.437. The molecule has 0 atom stereocenters. The third-order valence-corrected chi connectivity index (χ3v) is 4.53. The fraction of sp³-hybridized carbons (Fsp3) is 0.450. The number of piperazine rings is 1. The predicted molar refractivity (Wildman–Crippen MR) is 110 cm³/mol. The molecule has 1 aromatic carbocycles. The third kappa shape index (κ3) is 5.10. The number of aromatic nitrogens is 2. The molecule has 6 nitrogen and oxygen atoms in total. The summed E-state index contributed by atoms with van der Waals surface area (Å²) in [5.41, 5.74) is 2.01. The number of amides is 1. The van der Waals surface area contributed by atoms with Crippen LogP contribution in [0, 0.1) is 6.92 Å². The zero-order valence-corrected chi connectivity index (χ0v) is 17.0. The standard InChI is InChI=1S/C20H26ClN5O/c1-14-12-17(18(27)24-20(2,3)4)23-19(22-14)26-10-8-25(9-11-26)16-7-5-6-15(21)13-16/h5-7,12-13H,8-11H2,1-4H3,(H,24,27). The Labute approximate surface area is 165 Å². The lowest BCUT2D eigenvalue weighted by Crippen LogP contribution is -2.47. The van der Waals surface area contributed by atoms with Gasteiger partial charge in [-0.25, -0.2) is 9.97 Å². The number of hydrogen-bond acceptors (Lipinski definition) is 5. The van der Waals surface area contributed by atoms with E-state index in [0.29, 0.717) is 11.6 Å². The molecule has 0 unspecified atom stereocenters. The van der Waals surface area contributed by atoms with Gasteiger partial charge < -0.3 is 15.1 Å². The Kier molecular flexibility index (Phi) is 5.56. The van der Waals surface area contributed by atoms with E-state index < -0.39 is 0 Å². The van der Waals surface area contributed by atoms with Crippen LogP contribution in [-0.4, -0.2) is 47.6 Å². The molecule has 1 aromatic heterocycles. The summed E-state index contributed by atoms with van der Waals surface area (Å²) in [5, 5.41) is 3.70. The maximum Gasteiger partial charge on any atom is 0.270 e. The molecule has 0 aliphatic carbocycles. The zero-order valence-electron chi connectivity index (χ0n) is 16.3. The molecule has 1 aliphatic heterocycles. The first-order chi connectivity index (χ1) is 12.7. The van der Waals surface area contributed by atoms with E-state index in [1.165, 1.54) is 0 Å². The molecule has 0 bridgehead atoms. The Hall–Kier alpha value is -2.34. The van der Waals surface area contributed by atoms with Crippen LogP contribution >= 0.6 is 11.6 Å². The summed E-state index contributed by atoms with van der Waals surface area (Å²) in [6.45, 7) is 11.0. The van der Waals surface area contributed by atoms with Crippen LogP contribution in [0.25, 0.3) is 0 Å². The molecule has 0 radical (unpaired) electrons. The Morgan fingerprint density at radius 1 is 1.07 bits per heavy atom. The van der Waals surface area contributed by atoms with Crippen LogP contribution < -0.4 is 15.1 Å². The highest BCUT2D eigenvalue weighted by Crippen LogP contribution is 2.22. The molecule has 7 heteroatoms. The molecule has 1 amide bonds. The van der Waals surface area contributed by atoms with E-state index in [1.54, 1.807) is 6.07 Å². The van der Waals surface area contributed by atoms with Crippen molar-refractivity contribution in [1.29, 1.82) is 0 Å². The van der Waals surface area contributed by atoms with E-state index in [1.807, 2.05) is 45.9 Å². The van der Waals surface area contributed by atoms with Crippen molar-refractivity contribution in [2.45, 2.75) is 33.2 Å². The van der Waals surface area contributed by atoms with Gasteiger partial charge in [-0.05, 0) is 52.0 Å². The number of aryl methyl sites for hydroxylation is 1. The zero-order chi connectivity index (χ0) is 19.6. The van der Waals surface area contributed by atoms with E-state index >= 15 is 0 Å². The van der Waals surface area contributed by atoms with Crippen molar-refractivity contribution in [3.63, 3.8) is 0 Å². The minimum absolute atomic E-state index is 0.174. The molecule has 0 spiro atoms. The Balaban J connectivity index is 1.71. The molecule has 144 valence electrons. The van der Waals surface area contributed by atoms with Gasteiger partial charge in [0.25, 0.3) is 5.91 Å². The van der Waals surface area contributed by atoms with Gasteiger partial charge in [0.15, 0.2) is 0 Å². The van der Waals surface area contributed by atoms with E-state index in [9.17, 15) is 4.79 Å². The average molecular weight is 388 g/mol. The number of carbonyl (C=O) groups is 1. The third-order valence-electron chi connectivity index (χ3n) is 4.30. The number of benzene rings is 1. The fourth-order valence-electron chi connectivity index (χ4n) is 3.05. The Bertz CT molecular complexity index is 825. The first-order valence-electron chi connectivity index (χ1n) is 9.15. The number of anilines is 2. The summed E-state index contributed by atoms with van der Waals surface area (Å²) >= 11 is 6.10. The fourth-order valence-corrected chi connectivity index (χ4v) is 3.24. The molecular formula is C20H26ClN5O. The number of hydrogen-bond donors (Lipinski definition) is 1. The van der Waals surface area contributed by atoms with Gasteiger partial charge in [0.05, 0.1) is 0 Å². The maximum atomic E-state index is 12.5. The van der Waals surface area contributed by atoms with Gasteiger partial charge >= 0.3 is 0 Å². The van der Waals surface area contributed by atoms with Crippen LogP contribution in [0.5, 0.6) is 0 Å². The second kappa shape index (κ2) is 7.72. The van der Waals surface area contributed by atoms with E-state index in [-0.39, 0.29) is 11.4 Å². The highest BCUT2D eigenvalue weighted by atomic mass is 35.5. The minimum Gasteiger partial charge on any atom is -0.368 e. The van der Waals surface area contributed by atoms with Crippen molar-refractivity contribution < 1.29 is 4.79 Å². The molecule has 27 heavy (non-hydrogen) atoms. The summed E-state index contributed by atoms with van der Waals surface area (Å²) in [6.07, 6.45) is 0. The first kappa shape index (κ1) is 19.4. The number of rotatable bonds is 3. The van der Waals surface area contributed by atoms with Gasteiger partial charge in [-0.15, -0.1) is 0 Å². The molecule has 1 N–H and O–H groups in total. The Morgan fingerprint density at radius 3 is 2.37 bits per heavy atom. The molecule has 0 saturated carbocycles. The molecule has 2 heterocycles. The SMILES string of the molecule is Cc1cc(C(=O)NC(C)(C)C)nc(N2CCN(c3cccc(Cl)c3)CC2)n1. The van der Waals surface area contributed by atoms with Gasteiger partial charge in [-0.2, -0.15) is 0 Å². The summed E-state index contributed by atoms with van der Waals surface area (Å²) in [4.78, 5) is 26.0. The van der Waals surface area contributed by atoms with Crippen molar-refractivity contribution in [2.75, 3.05) is 36.0 Å². The Morgan fingerprint density at radius 2 is 1.74 bits per heavy atom. The average Bonchev–Trinajstić information content (AvgIpc) is 2.60. The van der Waals surface area contributed by atoms with Gasteiger partial charge in [0, 0.05) is 48.1 Å². The highest BCUT2D eigenvalue weighted by Gasteiger charge is 2.22. The van der Waals surface area contributed by atoms with Gasteiger partial charge in [0.2, 0.25) is 5.95 Å². The van der Waals surface area contributed by atoms with Crippen LogP contribution in [-0.2, 0) is 0 Å². The highest BCUT2D eigenvalue weighted by molar-refractivity contribution is 6.30. The van der Waals surface area contributed by atoms with Crippen molar-refractivity contribution in [2.24, 2.45) is 0 Å². The van der Waals surface area contributed by atoms with Crippen molar-refractivity contribution in [3.05, 3.63) is 46.7 Å². The van der Waals surface area contributed by atoms with E-state index in [2.05, 4.69) is 31.2 Å². The van der Waals surface area contributed by atoms with Crippen molar-refractivity contribution in [1.82, 2.24) is 15.3 Å². The lowest BCUT2D eigenvalue weighted by atomic mass is 10.1. The molecule has 2 aromatic rings. The number of halogens is 1. The van der Waals surface area contributed by atoms with Crippen LogP contribution in [0.2, 0.25) is 5.02 Å². The largest absolute Gasteiger partial charge is 0.368 e. The molecule has 3 rings (SSSR count). The molecule has 1 saturated heterocycles. The van der Waals surface area contributed by atoms with Crippen LogP contribution in [0.3, 0.4) is 0 Å². The number of carbonyl (C=O) groups excluding carboxylic acids is 1. The minimum atomic E-state index is -0.307. The predicted octanol–water partition coefficient (Wildman–Crippen LogP) is 3.29. The number of nitrogens with one attached hydrogen (secondary N) is 1. The lowest BCUT2D eigenvalue weighted by Gasteiger charge is -2.36. The first-order valence-corrected chi connectivity index (χ1v) is 9.53. The van der Waals surface area contributed by atoms with Crippen LogP contribution in [0.15, 0.2) is 30.3 Å². The molecular weight excluding hydrogens is 362 g/mol. The summed E-state index contributed by atoms with van der Waals surface area (Å²) in [7, 11) is 0. The second-order valence-electron chi connectivity index (χ2n) is 7.85. The second-order valence-corrected chi connectivity index (χ2v) is 8.29.